The molecule has 0 saturated carbocycles. The lowest BCUT2D eigenvalue weighted by molar-refractivity contribution is -0.134. The van der Waals surface area contributed by atoms with E-state index in [-0.39, 0.29) is 17.5 Å². The Hall–Kier alpha value is -1.53. The van der Waals surface area contributed by atoms with Gasteiger partial charge in [-0.1, -0.05) is 34.6 Å². The number of nitrogens with zero attached hydrogens (tertiary/aromatic N) is 4. The predicted molar refractivity (Wildman–Crippen MR) is 158 cm³/mol. The maximum atomic E-state index is 12.6. The van der Waals surface area contributed by atoms with Crippen molar-refractivity contribution >= 4 is 40.4 Å². The SMILES string of the molecule is Cc1ncnc2c1ncn2C1OC(COP(=O)(O)OP(=O)(O)OCC(C)(C)C(O)C(=O)CCCC(C)(C)C)C(OP(=O)(O)O)C1O. The number of aromatic nitrogens is 4. The zero-order valence-electron chi connectivity index (χ0n) is 26.1. The molecule has 3 heterocycles. The summed E-state index contributed by atoms with van der Waals surface area (Å²) in [4.78, 5) is 63.7. The van der Waals surface area contributed by atoms with Gasteiger partial charge in [-0.3, -0.25) is 22.9 Å². The molecular formula is C24H41N4O15P3. The minimum Gasteiger partial charge on any atom is -0.386 e. The number of carbonyl (C=O) groups is 1. The summed E-state index contributed by atoms with van der Waals surface area (Å²) in [6.45, 7) is 8.63. The van der Waals surface area contributed by atoms with Crippen LogP contribution in [0, 0.1) is 17.8 Å². The van der Waals surface area contributed by atoms with Crippen LogP contribution in [0.4, 0.5) is 0 Å². The average Bonchev–Trinajstić information content (AvgIpc) is 3.45. The van der Waals surface area contributed by atoms with Crippen molar-refractivity contribution < 1.29 is 70.9 Å². The normalized spacial score (nSPS) is 24.5. The van der Waals surface area contributed by atoms with E-state index in [0.29, 0.717) is 17.6 Å². The van der Waals surface area contributed by atoms with Gasteiger partial charge in [0.2, 0.25) is 0 Å². The number of phosphoric acid groups is 3. The third kappa shape index (κ3) is 10.7. The van der Waals surface area contributed by atoms with Crippen LogP contribution in [0.25, 0.3) is 11.2 Å². The van der Waals surface area contributed by atoms with Gasteiger partial charge in [-0.05, 0) is 25.2 Å². The number of fused-ring (bicyclic) bond motifs is 1. The lowest BCUT2D eigenvalue weighted by Gasteiger charge is -2.30. The average molecular weight is 719 g/mol. The van der Waals surface area contributed by atoms with Gasteiger partial charge in [0.15, 0.2) is 17.7 Å². The van der Waals surface area contributed by atoms with Crippen LogP contribution in [-0.4, -0.2) is 92.7 Å². The number of aryl methyl sites for hydroxylation is 1. The minimum atomic E-state index is -5.46. The molecule has 7 atom stereocenters. The Morgan fingerprint density at radius 2 is 1.67 bits per heavy atom. The molecule has 262 valence electrons. The molecule has 0 amide bonds. The highest BCUT2D eigenvalue weighted by Gasteiger charge is 2.50. The fourth-order valence-corrected chi connectivity index (χ4v) is 7.39. The van der Waals surface area contributed by atoms with E-state index in [4.69, 9.17) is 13.8 Å². The molecule has 1 fully saturated rings. The molecule has 22 heteroatoms. The Bertz CT molecular complexity index is 1520. The van der Waals surface area contributed by atoms with Crippen molar-refractivity contribution in [2.45, 2.75) is 91.4 Å². The first-order chi connectivity index (χ1) is 20.9. The van der Waals surface area contributed by atoms with Crippen LogP contribution in [-0.2, 0) is 41.1 Å². The first kappa shape index (κ1) is 38.9. The number of hydrogen-bond donors (Lipinski definition) is 6. The lowest BCUT2D eigenvalue weighted by atomic mass is 9.83. The first-order valence-electron chi connectivity index (χ1n) is 14.0. The van der Waals surface area contributed by atoms with E-state index in [1.54, 1.807) is 6.92 Å². The smallest absolute Gasteiger partial charge is 0.386 e. The van der Waals surface area contributed by atoms with Gasteiger partial charge in [-0.25, -0.2) is 28.6 Å². The topological polar surface area (TPSA) is 279 Å². The van der Waals surface area contributed by atoms with Crippen molar-refractivity contribution in [1.29, 1.82) is 0 Å². The highest BCUT2D eigenvalue weighted by molar-refractivity contribution is 7.61. The van der Waals surface area contributed by atoms with Gasteiger partial charge in [0.05, 0.1) is 25.2 Å². The molecule has 0 aromatic carbocycles. The summed E-state index contributed by atoms with van der Waals surface area (Å²) in [6, 6.07) is 0. The summed E-state index contributed by atoms with van der Waals surface area (Å²) in [5.74, 6) is -0.516. The van der Waals surface area contributed by atoms with Gasteiger partial charge >= 0.3 is 23.5 Å². The van der Waals surface area contributed by atoms with Crippen molar-refractivity contribution in [1.82, 2.24) is 19.5 Å². The molecule has 2 aromatic heterocycles. The number of aliphatic hydroxyl groups is 2. The highest BCUT2D eigenvalue weighted by atomic mass is 31.3. The summed E-state index contributed by atoms with van der Waals surface area (Å²) in [5.41, 5.74) is -0.431. The number of Topliss-reactive ketones (excluding diaryl/α,β-unsaturated/α-hetero) is 1. The Labute approximate surface area is 264 Å². The quantitative estimate of drug-likeness (QED) is 0.136. The third-order valence-electron chi connectivity index (χ3n) is 6.99. The van der Waals surface area contributed by atoms with Crippen LogP contribution in [0.1, 0.15) is 65.8 Å². The van der Waals surface area contributed by atoms with E-state index in [2.05, 4.69) is 23.8 Å². The zero-order valence-corrected chi connectivity index (χ0v) is 28.7. The molecule has 6 N–H and O–H groups in total. The lowest BCUT2D eigenvalue weighted by Crippen LogP contribution is -2.39. The van der Waals surface area contributed by atoms with Crippen LogP contribution in [0.2, 0.25) is 0 Å². The van der Waals surface area contributed by atoms with Gasteiger partial charge in [-0.2, -0.15) is 4.31 Å². The molecule has 2 aromatic rings. The molecule has 0 aliphatic carbocycles. The van der Waals surface area contributed by atoms with Crippen LogP contribution in [0.15, 0.2) is 12.7 Å². The maximum Gasteiger partial charge on any atom is 0.481 e. The second-order valence-electron chi connectivity index (χ2n) is 12.8. The van der Waals surface area contributed by atoms with E-state index in [0.717, 1.165) is 6.42 Å². The molecule has 0 spiro atoms. The standard InChI is InChI=1S/C24H41N4O15P3/c1-14-17-21(26-12-25-14)28(13-27-17)22-18(30)19(42-44(32,33)34)16(41-22)10-39-45(35,36)43-46(37,38)40-11-24(5,6)20(31)15(29)8-7-9-23(2,3)4/h12-13,16,18-20,22,30-31H,7-11H2,1-6H3,(H,35,36)(H,37,38)(H2,32,33,34). The van der Waals surface area contributed by atoms with E-state index in [9.17, 15) is 48.3 Å². The zero-order chi connectivity index (χ0) is 34.9. The number of imidazole rings is 1. The second-order valence-corrected chi connectivity index (χ2v) is 17.0. The number of hydrogen-bond acceptors (Lipinski definition) is 14. The van der Waals surface area contributed by atoms with Gasteiger partial charge < -0.3 is 34.5 Å². The summed E-state index contributed by atoms with van der Waals surface area (Å²) in [6.07, 6.45) is -4.58. The Balaban J connectivity index is 1.65. The van der Waals surface area contributed by atoms with Crippen LogP contribution in [0.5, 0.6) is 0 Å². The molecule has 1 saturated heterocycles. The van der Waals surface area contributed by atoms with E-state index < -0.39 is 78.5 Å². The van der Waals surface area contributed by atoms with Crippen LogP contribution < -0.4 is 0 Å². The highest BCUT2D eigenvalue weighted by Crippen LogP contribution is 2.61. The first-order valence-corrected chi connectivity index (χ1v) is 18.5. The number of rotatable bonds is 16. The second kappa shape index (κ2) is 14.5. The maximum absolute atomic E-state index is 12.6. The number of ether oxygens (including phenoxy) is 1. The molecule has 46 heavy (non-hydrogen) atoms. The summed E-state index contributed by atoms with van der Waals surface area (Å²) >= 11 is 0. The molecule has 3 rings (SSSR count). The Kier molecular flexibility index (Phi) is 12.3. The van der Waals surface area contributed by atoms with Crippen molar-refractivity contribution in [3.8, 4) is 0 Å². The molecule has 0 bridgehead atoms. The fraction of sp³-hybridized carbons (Fsp3) is 0.750. The molecule has 19 nitrogen and oxygen atoms in total. The summed E-state index contributed by atoms with van der Waals surface area (Å²) in [5, 5.41) is 21.4. The van der Waals surface area contributed by atoms with Gasteiger partial charge in [0, 0.05) is 11.8 Å². The number of aliphatic hydroxyl groups excluding tert-OH is 2. The molecule has 7 unspecified atom stereocenters. The largest absolute Gasteiger partial charge is 0.481 e. The van der Waals surface area contributed by atoms with Crippen molar-refractivity contribution in [3.63, 3.8) is 0 Å². The van der Waals surface area contributed by atoms with Gasteiger partial charge in [0.25, 0.3) is 0 Å². The minimum absolute atomic E-state index is 0.0203. The van der Waals surface area contributed by atoms with E-state index in [1.807, 2.05) is 20.8 Å². The number of phosphoric ester groups is 3. The van der Waals surface area contributed by atoms with Crippen molar-refractivity contribution in [2.75, 3.05) is 13.2 Å². The number of carbonyl (C=O) groups excluding carboxylic acids is 1. The van der Waals surface area contributed by atoms with E-state index >= 15 is 0 Å². The van der Waals surface area contributed by atoms with Crippen LogP contribution in [0.3, 0.4) is 0 Å². The molecule has 1 aliphatic heterocycles. The third-order valence-corrected chi connectivity index (χ3v) is 10.1. The molecule has 1 aliphatic rings. The van der Waals surface area contributed by atoms with E-state index in [1.165, 1.54) is 31.1 Å². The Morgan fingerprint density at radius 3 is 2.28 bits per heavy atom. The van der Waals surface area contributed by atoms with Crippen molar-refractivity contribution in [3.05, 3.63) is 18.3 Å². The Morgan fingerprint density at radius 1 is 1.04 bits per heavy atom. The molecular weight excluding hydrogens is 677 g/mol. The molecule has 0 radical (unpaired) electrons. The summed E-state index contributed by atoms with van der Waals surface area (Å²) < 4.78 is 62.2. The summed E-state index contributed by atoms with van der Waals surface area (Å²) in [7, 11) is -16.1. The van der Waals surface area contributed by atoms with Crippen molar-refractivity contribution in [2.24, 2.45) is 10.8 Å². The van der Waals surface area contributed by atoms with Gasteiger partial charge in [0.1, 0.15) is 36.3 Å². The number of ketones is 1. The monoisotopic (exact) mass is 718 g/mol. The van der Waals surface area contributed by atoms with Crippen LogP contribution >= 0.6 is 23.5 Å². The predicted octanol–water partition coefficient (Wildman–Crippen LogP) is 2.29. The fourth-order valence-electron chi connectivity index (χ4n) is 4.56. The van der Waals surface area contributed by atoms with Gasteiger partial charge in [-0.15, -0.1) is 0 Å².